The summed E-state index contributed by atoms with van der Waals surface area (Å²) >= 11 is 0. The number of nitrogens with one attached hydrogen (secondary N) is 2. The predicted molar refractivity (Wildman–Crippen MR) is 74.7 cm³/mol. The van der Waals surface area contributed by atoms with Gasteiger partial charge in [0.25, 0.3) is 0 Å². The predicted octanol–water partition coefficient (Wildman–Crippen LogP) is 3.27. The molecule has 2 nitrogen and oxygen atoms in total. The third-order valence-corrected chi connectivity index (χ3v) is 3.77. The first-order chi connectivity index (χ1) is 8.79. The number of hydrogen-bond donors (Lipinski definition) is 2. The zero-order valence-corrected chi connectivity index (χ0v) is 11.1. The van der Waals surface area contributed by atoms with E-state index >= 15 is 0 Å². The molecule has 1 aromatic rings. The van der Waals surface area contributed by atoms with Crippen molar-refractivity contribution in [2.45, 2.75) is 32.9 Å². The summed E-state index contributed by atoms with van der Waals surface area (Å²) in [6, 6.07) is 5.78. The van der Waals surface area contributed by atoms with Gasteiger partial charge in [0.05, 0.1) is 0 Å². The highest BCUT2D eigenvalue weighted by Gasteiger charge is 2.12. The summed E-state index contributed by atoms with van der Waals surface area (Å²) in [7, 11) is 0. The van der Waals surface area contributed by atoms with Crippen LogP contribution in [0.4, 0.5) is 10.1 Å². The molecular weight excluding hydrogens is 227 g/mol. The number of aryl methyl sites for hydroxylation is 1. The summed E-state index contributed by atoms with van der Waals surface area (Å²) in [4.78, 5) is 0. The van der Waals surface area contributed by atoms with E-state index in [0.717, 1.165) is 42.4 Å². The van der Waals surface area contributed by atoms with Gasteiger partial charge in [-0.1, -0.05) is 12.1 Å². The smallest absolute Gasteiger partial charge is 0.115 e. The van der Waals surface area contributed by atoms with Gasteiger partial charge in [-0.15, -0.1) is 0 Å². The largest absolute Gasteiger partial charge is 0.385 e. The number of benzene rings is 1. The molecular formula is C15H23FN2. The minimum Gasteiger partial charge on any atom is -0.385 e. The van der Waals surface area contributed by atoms with Gasteiger partial charge in [-0.25, -0.2) is 4.39 Å². The highest BCUT2D eigenvalue weighted by atomic mass is 19.1. The second kappa shape index (κ2) is 6.74. The molecule has 1 aromatic carbocycles. The average Bonchev–Trinajstić information content (AvgIpc) is 2.42. The molecule has 2 N–H and O–H groups in total. The Morgan fingerprint density at radius 2 is 2.11 bits per heavy atom. The van der Waals surface area contributed by atoms with E-state index in [1.165, 1.54) is 19.3 Å². The van der Waals surface area contributed by atoms with Gasteiger partial charge >= 0.3 is 0 Å². The molecule has 0 atom stereocenters. The van der Waals surface area contributed by atoms with Crippen LogP contribution in [0.15, 0.2) is 18.2 Å². The topological polar surface area (TPSA) is 24.1 Å². The van der Waals surface area contributed by atoms with E-state index < -0.39 is 0 Å². The molecule has 1 heterocycles. The van der Waals surface area contributed by atoms with Crippen molar-refractivity contribution in [1.29, 1.82) is 0 Å². The molecule has 0 spiro atoms. The molecule has 0 aromatic heterocycles. The summed E-state index contributed by atoms with van der Waals surface area (Å²) in [5.41, 5.74) is 3.04. The van der Waals surface area contributed by atoms with E-state index in [1.807, 2.05) is 25.1 Å². The van der Waals surface area contributed by atoms with E-state index in [9.17, 15) is 4.39 Å². The maximum Gasteiger partial charge on any atom is 0.115 e. The van der Waals surface area contributed by atoms with Gasteiger partial charge in [0.1, 0.15) is 6.67 Å². The number of halogens is 1. The second-order valence-corrected chi connectivity index (χ2v) is 5.19. The van der Waals surface area contributed by atoms with Crippen LogP contribution >= 0.6 is 0 Å². The minimum absolute atomic E-state index is 0.379. The Morgan fingerprint density at radius 1 is 1.33 bits per heavy atom. The molecule has 100 valence electrons. The fourth-order valence-corrected chi connectivity index (χ4v) is 2.59. The Morgan fingerprint density at radius 3 is 2.78 bits per heavy atom. The van der Waals surface area contributed by atoms with Crippen LogP contribution in [0.3, 0.4) is 0 Å². The van der Waals surface area contributed by atoms with Gasteiger partial charge in [-0.05, 0) is 62.4 Å². The Kier molecular flexibility index (Phi) is 5.00. The molecule has 1 aliphatic rings. The Hall–Kier alpha value is -1.09. The molecule has 0 bridgehead atoms. The van der Waals surface area contributed by atoms with Gasteiger partial charge in [0.15, 0.2) is 0 Å². The fourth-order valence-electron chi connectivity index (χ4n) is 2.59. The second-order valence-electron chi connectivity index (χ2n) is 5.19. The number of rotatable bonds is 5. The van der Waals surface area contributed by atoms with Gasteiger partial charge < -0.3 is 10.6 Å². The van der Waals surface area contributed by atoms with Crippen LogP contribution in [0.25, 0.3) is 0 Å². The van der Waals surface area contributed by atoms with Crippen LogP contribution in [0.2, 0.25) is 0 Å². The minimum atomic E-state index is -0.379. The van der Waals surface area contributed by atoms with Crippen molar-refractivity contribution >= 4 is 5.69 Å². The van der Waals surface area contributed by atoms with Crippen LogP contribution in [-0.4, -0.2) is 19.6 Å². The maximum absolute atomic E-state index is 12.5. The summed E-state index contributed by atoms with van der Waals surface area (Å²) < 4.78 is 12.5. The van der Waals surface area contributed by atoms with E-state index in [1.54, 1.807) is 0 Å². The van der Waals surface area contributed by atoms with Gasteiger partial charge in [0.2, 0.25) is 0 Å². The van der Waals surface area contributed by atoms with Crippen molar-refractivity contribution in [3.63, 3.8) is 0 Å². The number of anilines is 1. The average molecular weight is 250 g/mol. The van der Waals surface area contributed by atoms with E-state index in [2.05, 4.69) is 10.6 Å². The van der Waals surface area contributed by atoms with Crippen LogP contribution in [0.5, 0.6) is 0 Å². The molecule has 0 unspecified atom stereocenters. The van der Waals surface area contributed by atoms with E-state index in [-0.39, 0.29) is 6.67 Å². The lowest BCUT2D eigenvalue weighted by Crippen LogP contribution is -2.28. The van der Waals surface area contributed by atoms with Gasteiger partial charge in [0, 0.05) is 12.2 Å². The zero-order valence-electron chi connectivity index (χ0n) is 11.1. The fraction of sp³-hybridized carbons (Fsp3) is 0.600. The van der Waals surface area contributed by atoms with Crippen molar-refractivity contribution in [2.75, 3.05) is 25.0 Å². The molecule has 0 aliphatic carbocycles. The van der Waals surface area contributed by atoms with Crippen molar-refractivity contribution < 1.29 is 4.39 Å². The monoisotopic (exact) mass is 250 g/mol. The summed E-state index contributed by atoms with van der Waals surface area (Å²) in [6.07, 6.45) is 3.81. The normalized spacial score (nSPS) is 16.8. The summed E-state index contributed by atoms with van der Waals surface area (Å²) in [5.74, 6) is 0.851. The molecule has 1 aliphatic heterocycles. The van der Waals surface area contributed by atoms with Crippen LogP contribution in [0.1, 0.15) is 30.4 Å². The lowest BCUT2D eigenvalue weighted by atomic mass is 9.95. The lowest BCUT2D eigenvalue weighted by Gasteiger charge is -2.23. The van der Waals surface area contributed by atoms with Crippen molar-refractivity contribution in [3.8, 4) is 0 Å². The molecule has 1 fully saturated rings. The number of piperidine rings is 1. The van der Waals surface area contributed by atoms with Crippen molar-refractivity contribution in [1.82, 2.24) is 5.32 Å². The maximum atomic E-state index is 12.5. The van der Waals surface area contributed by atoms with Crippen LogP contribution in [-0.2, 0) is 6.67 Å². The first-order valence-corrected chi connectivity index (χ1v) is 6.89. The third kappa shape index (κ3) is 3.70. The van der Waals surface area contributed by atoms with E-state index in [4.69, 9.17) is 0 Å². The Balaban J connectivity index is 1.79. The molecule has 0 radical (unpaired) electrons. The van der Waals surface area contributed by atoms with Gasteiger partial charge in [-0.2, -0.15) is 0 Å². The molecule has 1 saturated heterocycles. The van der Waals surface area contributed by atoms with Crippen LogP contribution in [0, 0.1) is 12.8 Å². The van der Waals surface area contributed by atoms with E-state index in [0.29, 0.717) is 0 Å². The van der Waals surface area contributed by atoms with Crippen molar-refractivity contribution in [3.05, 3.63) is 29.3 Å². The highest BCUT2D eigenvalue weighted by Crippen LogP contribution is 2.19. The quantitative estimate of drug-likeness (QED) is 0.838. The first kappa shape index (κ1) is 13.3. The summed E-state index contributed by atoms with van der Waals surface area (Å²) in [6.45, 7) is 4.99. The number of hydrogen-bond acceptors (Lipinski definition) is 2. The molecule has 2 rings (SSSR count). The van der Waals surface area contributed by atoms with Crippen LogP contribution < -0.4 is 10.6 Å². The molecule has 18 heavy (non-hydrogen) atoms. The summed E-state index contributed by atoms with van der Waals surface area (Å²) in [5, 5.41) is 6.86. The first-order valence-electron chi connectivity index (χ1n) is 6.89. The Bertz CT molecular complexity index is 373. The van der Waals surface area contributed by atoms with Gasteiger partial charge in [-0.3, -0.25) is 0 Å². The zero-order chi connectivity index (χ0) is 12.8. The SMILES string of the molecule is Cc1cc(CF)ccc1NCCC1CCNCC1. The number of alkyl halides is 1. The molecule has 0 saturated carbocycles. The molecule has 0 amide bonds. The third-order valence-electron chi connectivity index (χ3n) is 3.77. The lowest BCUT2D eigenvalue weighted by molar-refractivity contribution is 0.361. The standard InChI is InChI=1S/C15H23FN2/c1-12-10-14(11-16)2-3-15(12)18-9-6-13-4-7-17-8-5-13/h2-3,10,13,17-18H,4-9,11H2,1H3. The van der Waals surface area contributed by atoms with Crippen molar-refractivity contribution in [2.24, 2.45) is 5.92 Å². The molecule has 3 heteroatoms. The Labute approximate surface area is 109 Å². The highest BCUT2D eigenvalue weighted by molar-refractivity contribution is 5.51.